The largest absolute Gasteiger partial charge is 0.343 e. The van der Waals surface area contributed by atoms with Gasteiger partial charge in [0, 0.05) is 6.54 Å². The fourth-order valence-corrected chi connectivity index (χ4v) is 2.55. The second-order valence-corrected chi connectivity index (χ2v) is 5.37. The maximum absolute atomic E-state index is 12.2. The summed E-state index contributed by atoms with van der Waals surface area (Å²) in [7, 11) is 0. The third-order valence-electron chi connectivity index (χ3n) is 3.49. The average molecular weight is 260 g/mol. The van der Waals surface area contributed by atoms with E-state index in [4.69, 9.17) is 0 Å². The van der Waals surface area contributed by atoms with Crippen molar-refractivity contribution in [2.24, 2.45) is 0 Å². The van der Waals surface area contributed by atoms with Gasteiger partial charge in [0.1, 0.15) is 12.1 Å². The summed E-state index contributed by atoms with van der Waals surface area (Å²) >= 11 is 0. The Bertz CT molecular complexity index is 505. The molecule has 2 amide bonds. The lowest BCUT2D eigenvalue weighted by Crippen LogP contribution is -2.60. The van der Waals surface area contributed by atoms with Crippen molar-refractivity contribution in [2.45, 2.75) is 46.3 Å². The smallest absolute Gasteiger partial charge is 0.245 e. The van der Waals surface area contributed by atoms with Gasteiger partial charge in [-0.2, -0.15) is 0 Å². The molecule has 1 saturated heterocycles. The van der Waals surface area contributed by atoms with Crippen molar-refractivity contribution in [3.63, 3.8) is 0 Å². The van der Waals surface area contributed by atoms with E-state index in [1.807, 2.05) is 13.8 Å². The molecule has 0 bridgehead atoms. The van der Waals surface area contributed by atoms with Crippen molar-refractivity contribution in [1.82, 2.24) is 10.2 Å². The van der Waals surface area contributed by atoms with E-state index in [0.717, 1.165) is 5.56 Å². The zero-order valence-corrected chi connectivity index (χ0v) is 11.9. The highest BCUT2D eigenvalue weighted by atomic mass is 16.2. The molecule has 102 valence electrons. The number of hydrogen-bond donors (Lipinski definition) is 1. The fraction of sp³-hybridized carbons (Fsp3) is 0.467. The Morgan fingerprint density at radius 3 is 2.26 bits per heavy atom. The van der Waals surface area contributed by atoms with Crippen molar-refractivity contribution < 1.29 is 9.59 Å². The number of amides is 2. The van der Waals surface area contributed by atoms with Gasteiger partial charge in [-0.1, -0.05) is 29.3 Å². The number of rotatable bonds is 2. The number of carbonyl (C=O) groups excluding carboxylic acids is 2. The maximum Gasteiger partial charge on any atom is 0.245 e. The first kappa shape index (κ1) is 13.6. The lowest BCUT2D eigenvalue weighted by Gasteiger charge is -2.36. The van der Waals surface area contributed by atoms with Gasteiger partial charge in [-0.05, 0) is 33.3 Å². The molecule has 0 radical (unpaired) electrons. The quantitative estimate of drug-likeness (QED) is 0.877. The molecular weight excluding hydrogens is 240 g/mol. The van der Waals surface area contributed by atoms with E-state index >= 15 is 0 Å². The van der Waals surface area contributed by atoms with E-state index < -0.39 is 12.1 Å². The monoisotopic (exact) mass is 260 g/mol. The molecule has 2 rings (SSSR count). The molecule has 1 heterocycles. The van der Waals surface area contributed by atoms with Crippen LogP contribution in [0.5, 0.6) is 0 Å². The molecule has 1 aromatic carbocycles. The predicted octanol–water partition coefficient (Wildman–Crippen LogP) is 1.54. The second-order valence-electron chi connectivity index (χ2n) is 5.37. The minimum absolute atomic E-state index is 0.0220. The molecule has 2 atom stereocenters. The van der Waals surface area contributed by atoms with Crippen molar-refractivity contribution >= 4 is 11.8 Å². The number of nitrogens with zero attached hydrogens (tertiary/aromatic N) is 1. The first-order valence-corrected chi connectivity index (χ1v) is 6.56. The van der Waals surface area contributed by atoms with Crippen LogP contribution in [0.1, 0.15) is 30.5 Å². The van der Waals surface area contributed by atoms with Gasteiger partial charge >= 0.3 is 0 Å². The lowest BCUT2D eigenvalue weighted by molar-refractivity contribution is -0.148. The summed E-state index contributed by atoms with van der Waals surface area (Å²) in [5.41, 5.74) is 3.41. The van der Waals surface area contributed by atoms with E-state index in [0.29, 0.717) is 6.54 Å². The van der Waals surface area contributed by atoms with E-state index in [1.165, 1.54) is 11.1 Å². The molecule has 0 spiro atoms. The average Bonchev–Trinajstić information content (AvgIpc) is 2.31. The molecule has 1 fully saturated rings. The van der Waals surface area contributed by atoms with Crippen LogP contribution >= 0.6 is 0 Å². The van der Waals surface area contributed by atoms with E-state index in [1.54, 1.807) is 18.7 Å². The summed E-state index contributed by atoms with van der Waals surface area (Å²) in [4.78, 5) is 25.6. The van der Waals surface area contributed by atoms with E-state index in [9.17, 15) is 9.59 Å². The van der Waals surface area contributed by atoms with Gasteiger partial charge in [0.2, 0.25) is 11.8 Å². The molecule has 19 heavy (non-hydrogen) atoms. The summed E-state index contributed by atoms with van der Waals surface area (Å²) in [6, 6.07) is 5.37. The predicted molar refractivity (Wildman–Crippen MR) is 73.5 cm³/mol. The van der Waals surface area contributed by atoms with Gasteiger partial charge in [0.05, 0.1) is 0 Å². The van der Waals surface area contributed by atoms with Gasteiger partial charge < -0.3 is 10.2 Å². The third kappa shape index (κ3) is 2.78. The first-order valence-electron chi connectivity index (χ1n) is 6.56. The molecule has 1 aliphatic rings. The summed E-state index contributed by atoms with van der Waals surface area (Å²) < 4.78 is 0. The molecule has 1 N–H and O–H groups in total. The third-order valence-corrected chi connectivity index (χ3v) is 3.49. The summed E-state index contributed by atoms with van der Waals surface area (Å²) in [6.07, 6.45) is 0. The topological polar surface area (TPSA) is 49.4 Å². The van der Waals surface area contributed by atoms with Gasteiger partial charge in [0.15, 0.2) is 0 Å². The highest BCUT2D eigenvalue weighted by molar-refractivity contribution is 5.96. The molecule has 1 aliphatic heterocycles. The van der Waals surface area contributed by atoms with Gasteiger partial charge in [-0.3, -0.25) is 9.59 Å². The molecule has 1 aromatic rings. The summed E-state index contributed by atoms with van der Waals surface area (Å²) in [5, 5.41) is 2.69. The Morgan fingerprint density at radius 1 is 1.11 bits per heavy atom. The van der Waals surface area contributed by atoms with Gasteiger partial charge in [0.25, 0.3) is 0 Å². The number of benzene rings is 1. The molecule has 0 aliphatic carbocycles. The highest BCUT2D eigenvalue weighted by Gasteiger charge is 2.35. The van der Waals surface area contributed by atoms with Crippen LogP contribution in [0.4, 0.5) is 0 Å². The Labute approximate surface area is 113 Å². The summed E-state index contributed by atoms with van der Waals surface area (Å²) in [5.74, 6) is -0.109. The van der Waals surface area contributed by atoms with Crippen molar-refractivity contribution in [2.75, 3.05) is 0 Å². The Balaban J connectivity index is 2.24. The zero-order chi connectivity index (χ0) is 14.2. The Kier molecular flexibility index (Phi) is 3.60. The minimum atomic E-state index is -0.436. The molecular formula is C15H20N2O2. The molecule has 4 heteroatoms. The van der Waals surface area contributed by atoms with Gasteiger partial charge in [-0.25, -0.2) is 0 Å². The number of hydrogen-bond acceptors (Lipinski definition) is 2. The van der Waals surface area contributed by atoms with Crippen LogP contribution in [0.3, 0.4) is 0 Å². The lowest BCUT2D eigenvalue weighted by atomic mass is 10.0. The van der Waals surface area contributed by atoms with Crippen molar-refractivity contribution in [1.29, 1.82) is 0 Å². The summed E-state index contributed by atoms with van der Waals surface area (Å²) in [6.45, 7) is 8.04. The SMILES string of the molecule is Cc1cc(C)cc(CN2C(=O)C(C)NC(=O)C2C)c1. The van der Waals surface area contributed by atoms with Crippen LogP contribution in [0, 0.1) is 13.8 Å². The molecule has 0 saturated carbocycles. The molecule has 2 unspecified atom stereocenters. The van der Waals surface area contributed by atoms with Crippen LogP contribution in [0.15, 0.2) is 18.2 Å². The number of piperazine rings is 1. The van der Waals surface area contributed by atoms with Crippen LogP contribution in [-0.4, -0.2) is 28.8 Å². The Morgan fingerprint density at radius 2 is 1.68 bits per heavy atom. The van der Waals surface area contributed by atoms with Crippen LogP contribution in [0.25, 0.3) is 0 Å². The normalized spacial score (nSPS) is 23.5. The standard InChI is InChI=1S/C15H20N2O2/c1-9-5-10(2)7-13(6-9)8-17-12(4)14(18)16-11(3)15(17)19/h5-7,11-12H,8H2,1-4H3,(H,16,18). The van der Waals surface area contributed by atoms with E-state index in [-0.39, 0.29) is 11.8 Å². The molecule has 0 aromatic heterocycles. The number of carbonyl (C=O) groups is 2. The highest BCUT2D eigenvalue weighted by Crippen LogP contribution is 2.16. The van der Waals surface area contributed by atoms with Crippen LogP contribution < -0.4 is 5.32 Å². The van der Waals surface area contributed by atoms with Crippen LogP contribution in [-0.2, 0) is 16.1 Å². The fourth-order valence-electron chi connectivity index (χ4n) is 2.55. The zero-order valence-electron chi connectivity index (χ0n) is 11.9. The van der Waals surface area contributed by atoms with E-state index in [2.05, 4.69) is 23.5 Å². The number of nitrogens with one attached hydrogen (secondary N) is 1. The first-order chi connectivity index (χ1) is 8.88. The maximum atomic E-state index is 12.2. The van der Waals surface area contributed by atoms with Gasteiger partial charge in [-0.15, -0.1) is 0 Å². The van der Waals surface area contributed by atoms with Crippen LogP contribution in [0.2, 0.25) is 0 Å². The second kappa shape index (κ2) is 5.03. The Hall–Kier alpha value is -1.84. The minimum Gasteiger partial charge on any atom is -0.343 e. The van der Waals surface area contributed by atoms with Crippen molar-refractivity contribution in [3.8, 4) is 0 Å². The van der Waals surface area contributed by atoms with Crippen molar-refractivity contribution in [3.05, 3.63) is 34.9 Å². The molecule has 4 nitrogen and oxygen atoms in total. The number of aryl methyl sites for hydroxylation is 2.